The lowest BCUT2D eigenvalue weighted by Gasteiger charge is -2.16. The Morgan fingerprint density at radius 1 is 0.933 bits per heavy atom. The van der Waals surface area contributed by atoms with Crippen molar-refractivity contribution in [3.63, 3.8) is 0 Å². The predicted octanol–water partition coefficient (Wildman–Crippen LogP) is 3.75. The van der Waals surface area contributed by atoms with Crippen molar-refractivity contribution in [1.29, 1.82) is 0 Å². The van der Waals surface area contributed by atoms with E-state index >= 15 is 0 Å². The van der Waals surface area contributed by atoms with E-state index < -0.39 is 5.91 Å². The zero-order valence-electron chi connectivity index (χ0n) is 17.9. The molecule has 2 N–H and O–H groups in total. The number of benzene rings is 2. The number of nitrogens with zero attached hydrogens (tertiary/aromatic N) is 1. The van der Waals surface area contributed by atoms with E-state index in [2.05, 4.69) is 10.5 Å². The monoisotopic (exact) mass is 416 g/mol. The minimum Gasteiger partial charge on any atom is -0.504 e. The van der Waals surface area contributed by atoms with E-state index in [9.17, 15) is 9.90 Å². The molecule has 8 nitrogen and oxygen atoms in total. The van der Waals surface area contributed by atoms with Gasteiger partial charge in [-0.2, -0.15) is 5.10 Å². The number of aromatic hydroxyl groups is 1. The van der Waals surface area contributed by atoms with Crippen LogP contribution >= 0.6 is 0 Å². The average Bonchev–Trinajstić information content (AvgIpc) is 2.74. The molecule has 0 aliphatic rings. The van der Waals surface area contributed by atoms with Gasteiger partial charge >= 0.3 is 0 Å². The number of phenols is 1. The van der Waals surface area contributed by atoms with Crippen LogP contribution in [0.25, 0.3) is 0 Å². The van der Waals surface area contributed by atoms with Crippen molar-refractivity contribution in [3.05, 3.63) is 41.5 Å². The number of carbonyl (C=O) groups is 1. The molecule has 0 fully saturated rings. The fourth-order valence-corrected chi connectivity index (χ4v) is 2.69. The maximum absolute atomic E-state index is 12.7. The van der Waals surface area contributed by atoms with Crippen LogP contribution in [0, 0.1) is 0 Å². The zero-order valence-corrected chi connectivity index (χ0v) is 17.9. The number of ether oxygens (including phenoxy) is 4. The molecule has 0 bridgehead atoms. The Bertz CT molecular complexity index is 883. The maximum atomic E-state index is 12.7. The van der Waals surface area contributed by atoms with E-state index in [1.807, 2.05) is 20.8 Å². The highest BCUT2D eigenvalue weighted by atomic mass is 16.5. The Morgan fingerprint density at radius 3 is 2.03 bits per heavy atom. The molecule has 0 radical (unpaired) electrons. The normalized spacial score (nSPS) is 11.0. The number of hydrogen-bond acceptors (Lipinski definition) is 7. The highest BCUT2D eigenvalue weighted by molar-refractivity contribution is 6.01. The minimum absolute atomic E-state index is 0.0272. The van der Waals surface area contributed by atoms with Gasteiger partial charge in [0, 0.05) is 11.1 Å². The zero-order chi connectivity index (χ0) is 22.1. The van der Waals surface area contributed by atoms with E-state index in [-0.39, 0.29) is 5.75 Å². The smallest absolute Gasteiger partial charge is 0.271 e. The second-order valence-corrected chi connectivity index (χ2v) is 6.13. The third kappa shape index (κ3) is 5.56. The first kappa shape index (κ1) is 22.9. The molecule has 0 heterocycles. The summed E-state index contributed by atoms with van der Waals surface area (Å²) in [6, 6.07) is 8.02. The summed E-state index contributed by atoms with van der Waals surface area (Å²) in [7, 11) is 1.46. The van der Waals surface area contributed by atoms with Gasteiger partial charge in [-0.05, 0) is 58.0 Å². The molecule has 30 heavy (non-hydrogen) atoms. The first-order valence-corrected chi connectivity index (χ1v) is 9.73. The van der Waals surface area contributed by atoms with E-state index in [0.29, 0.717) is 59.7 Å². The molecule has 0 saturated carbocycles. The van der Waals surface area contributed by atoms with Crippen LogP contribution in [0.3, 0.4) is 0 Å². The lowest BCUT2D eigenvalue weighted by molar-refractivity contribution is 0.0953. The maximum Gasteiger partial charge on any atom is 0.271 e. The average molecular weight is 416 g/mol. The lowest BCUT2D eigenvalue weighted by Crippen LogP contribution is -2.20. The van der Waals surface area contributed by atoms with Crippen LogP contribution in [0.5, 0.6) is 28.7 Å². The summed E-state index contributed by atoms with van der Waals surface area (Å²) in [5.41, 5.74) is 4.10. The number of nitrogens with one attached hydrogen (secondary N) is 1. The minimum atomic E-state index is -0.426. The summed E-state index contributed by atoms with van der Waals surface area (Å²) in [4.78, 5) is 12.7. The highest BCUT2D eigenvalue weighted by Crippen LogP contribution is 2.39. The number of amides is 1. The molecule has 8 heteroatoms. The second-order valence-electron chi connectivity index (χ2n) is 6.13. The van der Waals surface area contributed by atoms with Crippen LogP contribution in [0.15, 0.2) is 35.4 Å². The molecular weight excluding hydrogens is 388 g/mol. The third-order valence-corrected chi connectivity index (χ3v) is 4.09. The molecular formula is C22H28N2O6. The largest absolute Gasteiger partial charge is 0.504 e. The molecule has 2 aromatic carbocycles. The van der Waals surface area contributed by atoms with Crippen molar-refractivity contribution in [2.75, 3.05) is 26.9 Å². The van der Waals surface area contributed by atoms with E-state index in [4.69, 9.17) is 18.9 Å². The summed E-state index contributed by atoms with van der Waals surface area (Å²) in [6.07, 6.45) is 0. The van der Waals surface area contributed by atoms with Gasteiger partial charge in [-0.15, -0.1) is 0 Å². The lowest BCUT2D eigenvalue weighted by atomic mass is 10.1. The number of rotatable bonds is 10. The topological polar surface area (TPSA) is 98.6 Å². The summed E-state index contributed by atoms with van der Waals surface area (Å²) in [5, 5.41) is 13.9. The van der Waals surface area contributed by atoms with Gasteiger partial charge in [0.05, 0.1) is 32.6 Å². The molecule has 162 valence electrons. The standard InChI is InChI=1S/C22H28N2O6/c1-6-28-19-12-16(13-20(29-7-2)21(19)30-8-3)22(26)24-23-14(4)15-9-10-17(25)18(11-15)27-5/h9-13,25H,6-8H2,1-5H3,(H,24,26)/b23-14-. The number of methoxy groups -OCH3 is 1. The second kappa shape index (κ2) is 10.9. The van der Waals surface area contributed by atoms with Gasteiger partial charge in [0.15, 0.2) is 23.0 Å². The van der Waals surface area contributed by atoms with Crippen LogP contribution in [-0.2, 0) is 0 Å². The SMILES string of the molecule is CCOc1cc(C(=O)N/N=C(/C)c2ccc(O)c(OC)c2)cc(OCC)c1OCC. The summed E-state index contributed by atoms with van der Waals surface area (Å²) in [5.74, 6) is 1.25. The fraction of sp³-hybridized carbons (Fsp3) is 0.364. The Hall–Kier alpha value is -3.42. The molecule has 1 amide bonds. The Kier molecular flexibility index (Phi) is 8.34. The van der Waals surface area contributed by atoms with Gasteiger partial charge in [-0.1, -0.05) is 0 Å². The number of hydrogen-bond donors (Lipinski definition) is 2. The van der Waals surface area contributed by atoms with Gasteiger partial charge in [0.1, 0.15) is 0 Å². The van der Waals surface area contributed by atoms with Gasteiger partial charge in [-0.3, -0.25) is 4.79 Å². The van der Waals surface area contributed by atoms with Gasteiger partial charge in [-0.25, -0.2) is 5.43 Å². The van der Waals surface area contributed by atoms with Crippen molar-refractivity contribution in [3.8, 4) is 28.7 Å². The predicted molar refractivity (Wildman–Crippen MR) is 114 cm³/mol. The quantitative estimate of drug-likeness (QED) is 0.452. The van der Waals surface area contributed by atoms with Crippen molar-refractivity contribution >= 4 is 11.6 Å². The van der Waals surface area contributed by atoms with Crippen molar-refractivity contribution < 1.29 is 28.8 Å². The molecule has 0 saturated heterocycles. The molecule has 2 aromatic rings. The fourth-order valence-electron chi connectivity index (χ4n) is 2.69. The third-order valence-electron chi connectivity index (χ3n) is 4.09. The number of hydrazone groups is 1. The van der Waals surface area contributed by atoms with E-state index in [1.165, 1.54) is 13.2 Å². The van der Waals surface area contributed by atoms with Crippen LogP contribution in [0.1, 0.15) is 43.6 Å². The van der Waals surface area contributed by atoms with Crippen LogP contribution in [0.2, 0.25) is 0 Å². The molecule has 0 atom stereocenters. The molecule has 2 rings (SSSR count). The molecule has 0 unspecified atom stereocenters. The summed E-state index contributed by atoms with van der Waals surface area (Å²) < 4.78 is 22.0. The summed E-state index contributed by atoms with van der Waals surface area (Å²) in [6.45, 7) is 8.56. The first-order chi connectivity index (χ1) is 14.4. The van der Waals surface area contributed by atoms with Crippen LogP contribution < -0.4 is 24.4 Å². The Morgan fingerprint density at radius 2 is 1.50 bits per heavy atom. The van der Waals surface area contributed by atoms with E-state index in [0.717, 1.165) is 0 Å². The molecule has 0 aliphatic heterocycles. The van der Waals surface area contributed by atoms with Crippen LogP contribution in [-0.4, -0.2) is 43.7 Å². The number of carbonyl (C=O) groups excluding carboxylic acids is 1. The van der Waals surface area contributed by atoms with Crippen molar-refractivity contribution in [1.82, 2.24) is 5.43 Å². The van der Waals surface area contributed by atoms with Gasteiger partial charge in [0.25, 0.3) is 5.91 Å². The Labute approximate surface area is 176 Å². The molecule has 0 aliphatic carbocycles. The van der Waals surface area contributed by atoms with Crippen LogP contribution in [0.4, 0.5) is 0 Å². The Balaban J connectivity index is 2.30. The van der Waals surface area contributed by atoms with Gasteiger partial charge < -0.3 is 24.1 Å². The van der Waals surface area contributed by atoms with Gasteiger partial charge in [0.2, 0.25) is 5.75 Å². The first-order valence-electron chi connectivity index (χ1n) is 9.73. The number of phenolic OH excluding ortho intramolecular Hbond substituents is 1. The van der Waals surface area contributed by atoms with E-state index in [1.54, 1.807) is 31.2 Å². The molecule has 0 aromatic heterocycles. The van der Waals surface area contributed by atoms with Crippen molar-refractivity contribution in [2.24, 2.45) is 5.10 Å². The summed E-state index contributed by atoms with van der Waals surface area (Å²) >= 11 is 0. The molecule has 0 spiro atoms. The van der Waals surface area contributed by atoms with Crippen molar-refractivity contribution in [2.45, 2.75) is 27.7 Å². The highest BCUT2D eigenvalue weighted by Gasteiger charge is 2.18.